The van der Waals surface area contributed by atoms with Gasteiger partial charge < -0.3 is 20.3 Å². The van der Waals surface area contributed by atoms with E-state index in [1.54, 1.807) is 36.1 Å². The Labute approximate surface area is 168 Å². The van der Waals surface area contributed by atoms with E-state index >= 15 is 0 Å². The highest BCUT2D eigenvalue weighted by Crippen LogP contribution is 2.15. The number of rotatable bonds is 5. The molecule has 0 atom stereocenters. The van der Waals surface area contributed by atoms with Crippen LogP contribution in [-0.2, 0) is 4.74 Å². The fraction of sp³-hybridized carbons (Fsp3) is 0.350. The van der Waals surface area contributed by atoms with Crippen LogP contribution in [0.3, 0.4) is 0 Å². The Hall–Kier alpha value is -3.67. The third-order valence-electron chi connectivity index (χ3n) is 4.54. The number of aromatic nitrogens is 2. The van der Waals surface area contributed by atoms with E-state index in [-0.39, 0.29) is 18.0 Å². The van der Waals surface area contributed by atoms with Gasteiger partial charge in [0.15, 0.2) is 0 Å². The quantitative estimate of drug-likeness (QED) is 0.799. The summed E-state index contributed by atoms with van der Waals surface area (Å²) in [5, 5.41) is 14.8. The second-order valence-electron chi connectivity index (χ2n) is 6.54. The zero-order chi connectivity index (χ0) is 20.6. The number of carbonyl (C=O) groups is 2. The SMILES string of the molecule is CCOC(=O)N1CCC(NC(=O)c2cnc(Nc3ccc(C#N)cc3)nc2)CC1. The number of hydrogen-bond acceptors (Lipinski definition) is 7. The number of benzene rings is 1. The molecular formula is C20H22N6O3. The normalized spacial score (nSPS) is 14.0. The van der Waals surface area contributed by atoms with Gasteiger partial charge in [-0.25, -0.2) is 14.8 Å². The van der Waals surface area contributed by atoms with Gasteiger partial charge in [-0.1, -0.05) is 0 Å². The molecule has 0 bridgehead atoms. The topological polar surface area (TPSA) is 120 Å². The van der Waals surface area contributed by atoms with Crippen LogP contribution in [0.25, 0.3) is 0 Å². The maximum absolute atomic E-state index is 12.4. The van der Waals surface area contributed by atoms with E-state index < -0.39 is 0 Å². The maximum atomic E-state index is 12.4. The molecule has 2 aromatic rings. The molecule has 2 N–H and O–H groups in total. The fourth-order valence-electron chi connectivity index (χ4n) is 2.96. The molecule has 1 saturated heterocycles. The molecule has 1 fully saturated rings. The minimum atomic E-state index is -0.309. The second-order valence-corrected chi connectivity index (χ2v) is 6.54. The lowest BCUT2D eigenvalue weighted by atomic mass is 10.1. The highest BCUT2D eigenvalue weighted by Gasteiger charge is 2.24. The molecule has 0 spiro atoms. The molecular weight excluding hydrogens is 372 g/mol. The van der Waals surface area contributed by atoms with Gasteiger partial charge in [0.2, 0.25) is 5.95 Å². The molecule has 0 radical (unpaired) electrons. The average Bonchev–Trinajstić information content (AvgIpc) is 2.75. The van der Waals surface area contributed by atoms with Gasteiger partial charge in [0.25, 0.3) is 5.91 Å². The van der Waals surface area contributed by atoms with Gasteiger partial charge in [-0.05, 0) is 44.0 Å². The van der Waals surface area contributed by atoms with Crippen LogP contribution in [0.15, 0.2) is 36.7 Å². The molecule has 2 heterocycles. The Morgan fingerprint density at radius 2 is 1.86 bits per heavy atom. The molecule has 150 valence electrons. The highest BCUT2D eigenvalue weighted by atomic mass is 16.6. The van der Waals surface area contributed by atoms with Crippen LogP contribution in [0, 0.1) is 11.3 Å². The summed E-state index contributed by atoms with van der Waals surface area (Å²) >= 11 is 0. The van der Waals surface area contributed by atoms with E-state index in [9.17, 15) is 9.59 Å². The zero-order valence-corrected chi connectivity index (χ0v) is 16.1. The predicted octanol–water partition coefficient (Wildman–Crippen LogP) is 2.44. The Bertz CT molecular complexity index is 884. The molecule has 1 aliphatic heterocycles. The van der Waals surface area contributed by atoms with E-state index in [4.69, 9.17) is 10.00 Å². The lowest BCUT2D eigenvalue weighted by Gasteiger charge is -2.31. The Morgan fingerprint density at radius 1 is 1.21 bits per heavy atom. The summed E-state index contributed by atoms with van der Waals surface area (Å²) < 4.78 is 5.00. The van der Waals surface area contributed by atoms with Crippen LogP contribution >= 0.6 is 0 Å². The molecule has 3 rings (SSSR count). The number of nitrogens with zero attached hydrogens (tertiary/aromatic N) is 4. The van der Waals surface area contributed by atoms with Crippen molar-refractivity contribution in [2.24, 2.45) is 0 Å². The first-order valence-electron chi connectivity index (χ1n) is 9.41. The van der Waals surface area contributed by atoms with Crippen molar-refractivity contribution in [3.63, 3.8) is 0 Å². The number of ether oxygens (including phenoxy) is 1. The monoisotopic (exact) mass is 394 g/mol. The van der Waals surface area contributed by atoms with Crippen molar-refractivity contribution in [2.75, 3.05) is 25.0 Å². The van der Waals surface area contributed by atoms with E-state index in [2.05, 4.69) is 26.7 Å². The number of piperidine rings is 1. The second kappa shape index (κ2) is 9.50. The van der Waals surface area contributed by atoms with Crippen LogP contribution in [0.5, 0.6) is 0 Å². The number of likely N-dealkylation sites (tertiary alicyclic amines) is 1. The standard InChI is InChI=1S/C20H22N6O3/c1-2-29-20(28)26-9-7-17(8-10-26)24-18(27)15-12-22-19(23-13-15)25-16-5-3-14(11-21)4-6-16/h3-6,12-13,17H,2,7-10H2,1H3,(H,24,27)(H,22,23,25). The maximum Gasteiger partial charge on any atom is 0.409 e. The third-order valence-corrected chi connectivity index (χ3v) is 4.54. The number of hydrogen-bond donors (Lipinski definition) is 2. The van der Waals surface area contributed by atoms with E-state index in [1.165, 1.54) is 12.4 Å². The van der Waals surface area contributed by atoms with Crippen molar-refractivity contribution in [1.29, 1.82) is 5.26 Å². The Balaban J connectivity index is 1.50. The summed E-state index contributed by atoms with van der Waals surface area (Å²) in [6, 6.07) is 8.94. The average molecular weight is 394 g/mol. The minimum Gasteiger partial charge on any atom is -0.450 e. The molecule has 2 amide bonds. The molecule has 9 heteroatoms. The first-order chi connectivity index (χ1) is 14.1. The molecule has 0 unspecified atom stereocenters. The van der Waals surface area contributed by atoms with Gasteiger partial charge in [0.1, 0.15) is 0 Å². The molecule has 1 aliphatic rings. The lowest BCUT2D eigenvalue weighted by molar-refractivity contribution is 0.0859. The van der Waals surface area contributed by atoms with Crippen molar-refractivity contribution in [3.8, 4) is 6.07 Å². The molecule has 9 nitrogen and oxygen atoms in total. The number of nitrogens with one attached hydrogen (secondary N) is 2. The number of amides is 2. The first-order valence-corrected chi connectivity index (χ1v) is 9.41. The van der Waals surface area contributed by atoms with Crippen LogP contribution < -0.4 is 10.6 Å². The molecule has 0 saturated carbocycles. The van der Waals surface area contributed by atoms with Crippen LogP contribution in [0.4, 0.5) is 16.4 Å². The predicted molar refractivity (Wildman–Crippen MR) is 106 cm³/mol. The Morgan fingerprint density at radius 3 is 2.45 bits per heavy atom. The van der Waals surface area contributed by atoms with Crippen LogP contribution in [0.1, 0.15) is 35.7 Å². The van der Waals surface area contributed by atoms with Crippen molar-refractivity contribution in [1.82, 2.24) is 20.2 Å². The third kappa shape index (κ3) is 5.42. The van der Waals surface area contributed by atoms with Crippen LogP contribution in [0.2, 0.25) is 0 Å². The summed E-state index contributed by atoms with van der Waals surface area (Å²) in [6.07, 6.45) is 3.95. The number of carbonyl (C=O) groups excluding carboxylic acids is 2. The summed E-state index contributed by atoms with van der Waals surface area (Å²) in [4.78, 5) is 34.1. The van der Waals surface area contributed by atoms with E-state index in [0.717, 1.165) is 5.69 Å². The molecule has 1 aromatic carbocycles. The van der Waals surface area contributed by atoms with E-state index in [0.29, 0.717) is 49.6 Å². The lowest BCUT2D eigenvalue weighted by Crippen LogP contribution is -2.46. The van der Waals surface area contributed by atoms with Gasteiger partial charge in [0.05, 0.1) is 23.8 Å². The van der Waals surface area contributed by atoms with Gasteiger partial charge in [-0.3, -0.25) is 4.79 Å². The Kier molecular flexibility index (Phi) is 6.58. The van der Waals surface area contributed by atoms with E-state index in [1.807, 2.05) is 0 Å². The van der Waals surface area contributed by atoms with Gasteiger partial charge >= 0.3 is 6.09 Å². The van der Waals surface area contributed by atoms with Crippen molar-refractivity contribution < 1.29 is 14.3 Å². The molecule has 0 aliphatic carbocycles. The number of anilines is 2. The van der Waals surface area contributed by atoms with Gasteiger partial charge in [-0.2, -0.15) is 5.26 Å². The number of nitriles is 1. The van der Waals surface area contributed by atoms with Crippen LogP contribution in [-0.4, -0.2) is 52.6 Å². The van der Waals surface area contributed by atoms with Crippen molar-refractivity contribution in [2.45, 2.75) is 25.8 Å². The summed E-state index contributed by atoms with van der Waals surface area (Å²) in [5.74, 6) is 0.110. The highest BCUT2D eigenvalue weighted by molar-refractivity contribution is 5.93. The smallest absolute Gasteiger partial charge is 0.409 e. The molecule has 1 aromatic heterocycles. The summed E-state index contributed by atoms with van der Waals surface area (Å²) in [6.45, 7) is 3.23. The summed E-state index contributed by atoms with van der Waals surface area (Å²) in [5.41, 5.74) is 1.68. The minimum absolute atomic E-state index is 0.00960. The van der Waals surface area contributed by atoms with Gasteiger partial charge in [0, 0.05) is 37.2 Å². The largest absolute Gasteiger partial charge is 0.450 e. The molecule has 29 heavy (non-hydrogen) atoms. The van der Waals surface area contributed by atoms with Gasteiger partial charge in [-0.15, -0.1) is 0 Å². The first kappa shape index (κ1) is 20.1. The van der Waals surface area contributed by atoms with Crippen molar-refractivity contribution in [3.05, 3.63) is 47.8 Å². The summed E-state index contributed by atoms with van der Waals surface area (Å²) in [7, 11) is 0. The fourth-order valence-corrected chi connectivity index (χ4v) is 2.96. The zero-order valence-electron chi connectivity index (χ0n) is 16.1. The van der Waals surface area contributed by atoms with Crippen molar-refractivity contribution >= 4 is 23.6 Å².